The van der Waals surface area contributed by atoms with Gasteiger partial charge < -0.3 is 15.5 Å². The van der Waals surface area contributed by atoms with Crippen LogP contribution in [0.15, 0.2) is 46.6 Å². The van der Waals surface area contributed by atoms with Crippen molar-refractivity contribution in [3.8, 4) is 0 Å². The molecule has 0 bridgehead atoms. The summed E-state index contributed by atoms with van der Waals surface area (Å²) in [6.07, 6.45) is 4.57. The largest absolute Gasteiger partial charge is 0.341 e. The molecule has 4 N–H and O–H groups in total. The standard InChI is InChI=1S/C12H17N5O3S/c1-14-9-17(2)7-6-15-12(18)16-10-4-3-5-11(8-10)21(13,19)20/h3-9H,1-2H3,(H2,13,19,20)(H2,15,16,18)/b7-6+,14-9?. The van der Waals surface area contributed by atoms with Gasteiger partial charge in [0, 0.05) is 32.2 Å². The normalized spacial score (nSPS) is 11.8. The van der Waals surface area contributed by atoms with Gasteiger partial charge >= 0.3 is 6.03 Å². The fraction of sp³-hybridized carbons (Fsp3) is 0.167. The van der Waals surface area contributed by atoms with E-state index >= 15 is 0 Å². The summed E-state index contributed by atoms with van der Waals surface area (Å²) in [6.45, 7) is 0. The number of rotatable bonds is 5. The zero-order chi connectivity index (χ0) is 15.9. The lowest BCUT2D eigenvalue weighted by atomic mass is 10.3. The molecule has 1 aromatic carbocycles. The first-order valence-corrected chi connectivity index (χ1v) is 7.39. The molecule has 9 heteroatoms. The summed E-state index contributed by atoms with van der Waals surface area (Å²) in [6, 6.07) is 5.13. The number of hydrogen-bond donors (Lipinski definition) is 3. The van der Waals surface area contributed by atoms with Crippen LogP contribution in [0.3, 0.4) is 0 Å². The van der Waals surface area contributed by atoms with Crippen LogP contribution in [0.5, 0.6) is 0 Å². The molecule has 1 rings (SSSR count). The van der Waals surface area contributed by atoms with Crippen LogP contribution in [0.2, 0.25) is 0 Å². The Morgan fingerprint density at radius 1 is 1.43 bits per heavy atom. The van der Waals surface area contributed by atoms with E-state index in [0.717, 1.165) is 0 Å². The number of hydrogen-bond acceptors (Lipinski definition) is 4. The molecule has 114 valence electrons. The first-order valence-electron chi connectivity index (χ1n) is 5.84. The van der Waals surface area contributed by atoms with Crippen molar-refractivity contribution in [1.82, 2.24) is 10.2 Å². The van der Waals surface area contributed by atoms with E-state index in [1.165, 1.54) is 24.4 Å². The molecule has 0 radical (unpaired) electrons. The maximum atomic E-state index is 11.6. The summed E-state index contributed by atoms with van der Waals surface area (Å²) < 4.78 is 22.4. The van der Waals surface area contributed by atoms with E-state index in [1.807, 2.05) is 0 Å². The molecule has 0 unspecified atom stereocenters. The van der Waals surface area contributed by atoms with Gasteiger partial charge in [0.15, 0.2) is 0 Å². The number of nitrogens with zero attached hydrogens (tertiary/aromatic N) is 2. The van der Waals surface area contributed by atoms with E-state index in [-0.39, 0.29) is 4.90 Å². The van der Waals surface area contributed by atoms with Crippen molar-refractivity contribution < 1.29 is 13.2 Å². The van der Waals surface area contributed by atoms with Gasteiger partial charge in [-0.05, 0) is 18.2 Å². The van der Waals surface area contributed by atoms with Crippen molar-refractivity contribution in [2.45, 2.75) is 4.90 Å². The van der Waals surface area contributed by atoms with Crippen LogP contribution in [0.4, 0.5) is 10.5 Å². The van der Waals surface area contributed by atoms with E-state index in [0.29, 0.717) is 5.69 Å². The summed E-state index contributed by atoms with van der Waals surface area (Å²) in [5.74, 6) is 0. The van der Waals surface area contributed by atoms with E-state index in [4.69, 9.17) is 5.14 Å². The highest BCUT2D eigenvalue weighted by Gasteiger charge is 2.08. The Morgan fingerprint density at radius 3 is 2.76 bits per heavy atom. The number of nitrogens with two attached hydrogens (primary N) is 1. The number of nitrogens with one attached hydrogen (secondary N) is 2. The molecule has 1 aromatic rings. The van der Waals surface area contributed by atoms with Crippen molar-refractivity contribution >= 4 is 28.1 Å². The molecule has 0 aliphatic carbocycles. The summed E-state index contributed by atoms with van der Waals surface area (Å²) in [7, 11) is -0.426. The summed E-state index contributed by atoms with van der Waals surface area (Å²) in [5, 5.41) is 9.96. The number of aliphatic imine (C=N–C) groups is 1. The molecule has 2 amide bonds. The monoisotopic (exact) mass is 311 g/mol. The number of anilines is 1. The van der Waals surface area contributed by atoms with Gasteiger partial charge in [-0.2, -0.15) is 0 Å². The Labute approximate surface area is 123 Å². The SMILES string of the molecule is CN=CN(C)/C=C/NC(=O)Nc1cccc(S(N)(=O)=O)c1. The first kappa shape index (κ1) is 16.7. The smallest absolute Gasteiger partial charge is 0.323 e. The average molecular weight is 311 g/mol. The molecule has 0 atom stereocenters. The fourth-order valence-corrected chi connectivity index (χ4v) is 1.93. The molecular weight excluding hydrogens is 294 g/mol. The maximum absolute atomic E-state index is 11.6. The van der Waals surface area contributed by atoms with Crippen molar-refractivity contribution in [3.63, 3.8) is 0 Å². The lowest BCUT2D eigenvalue weighted by molar-refractivity contribution is 0.255. The number of sulfonamides is 1. The van der Waals surface area contributed by atoms with Gasteiger partial charge in [0.2, 0.25) is 10.0 Å². The molecule has 0 fully saturated rings. The van der Waals surface area contributed by atoms with Crippen molar-refractivity contribution in [1.29, 1.82) is 0 Å². The van der Waals surface area contributed by atoms with Crippen molar-refractivity contribution in [2.75, 3.05) is 19.4 Å². The van der Waals surface area contributed by atoms with Gasteiger partial charge in [0.1, 0.15) is 0 Å². The molecule has 8 nitrogen and oxygen atoms in total. The van der Waals surface area contributed by atoms with Gasteiger partial charge in [0.05, 0.1) is 11.2 Å². The van der Waals surface area contributed by atoms with E-state index in [1.54, 1.807) is 37.6 Å². The second-order valence-corrected chi connectivity index (χ2v) is 5.59. The highest BCUT2D eigenvalue weighted by molar-refractivity contribution is 7.89. The number of amides is 2. The highest BCUT2D eigenvalue weighted by Crippen LogP contribution is 2.13. The molecule has 0 saturated heterocycles. The lowest BCUT2D eigenvalue weighted by Gasteiger charge is -2.07. The molecule has 21 heavy (non-hydrogen) atoms. The third-order valence-corrected chi connectivity index (χ3v) is 3.15. The van der Waals surface area contributed by atoms with Gasteiger partial charge in [0.25, 0.3) is 0 Å². The third-order valence-electron chi connectivity index (χ3n) is 2.24. The van der Waals surface area contributed by atoms with E-state index < -0.39 is 16.1 Å². The van der Waals surface area contributed by atoms with Crippen LogP contribution >= 0.6 is 0 Å². The topological polar surface area (TPSA) is 117 Å². The lowest BCUT2D eigenvalue weighted by Crippen LogP contribution is -2.25. The minimum atomic E-state index is -3.80. The van der Waals surface area contributed by atoms with E-state index in [2.05, 4.69) is 15.6 Å². The van der Waals surface area contributed by atoms with Gasteiger partial charge in [-0.1, -0.05) is 6.07 Å². The summed E-state index contributed by atoms with van der Waals surface area (Å²) in [4.78, 5) is 17.0. The Morgan fingerprint density at radius 2 is 2.14 bits per heavy atom. The van der Waals surface area contributed by atoms with Gasteiger partial charge in [-0.3, -0.25) is 4.99 Å². The van der Waals surface area contributed by atoms with Gasteiger partial charge in [-0.15, -0.1) is 0 Å². The fourth-order valence-electron chi connectivity index (χ4n) is 1.37. The molecule has 0 aromatic heterocycles. The van der Waals surface area contributed by atoms with Crippen LogP contribution in [0.25, 0.3) is 0 Å². The third kappa shape index (κ3) is 6.06. The zero-order valence-electron chi connectivity index (χ0n) is 11.6. The molecular formula is C12H17N5O3S. The molecule has 0 heterocycles. The number of primary sulfonamides is 1. The first-order chi connectivity index (χ1) is 9.82. The van der Waals surface area contributed by atoms with Crippen LogP contribution in [0.1, 0.15) is 0 Å². The predicted molar refractivity (Wildman–Crippen MR) is 81.3 cm³/mol. The van der Waals surface area contributed by atoms with Crippen LogP contribution in [-0.4, -0.2) is 39.8 Å². The Bertz CT molecular complexity index is 655. The number of carbonyl (C=O) groups is 1. The number of benzene rings is 1. The Balaban J connectivity index is 2.64. The average Bonchev–Trinajstić information content (AvgIpc) is 2.38. The minimum absolute atomic E-state index is 0.0743. The quantitative estimate of drug-likeness (QED) is 0.542. The Hall–Kier alpha value is -2.39. The highest BCUT2D eigenvalue weighted by atomic mass is 32.2. The molecule has 0 aliphatic heterocycles. The maximum Gasteiger partial charge on any atom is 0.323 e. The molecule has 0 spiro atoms. The summed E-state index contributed by atoms with van der Waals surface area (Å²) in [5.41, 5.74) is 0.316. The number of urea groups is 1. The van der Waals surface area contributed by atoms with Crippen LogP contribution < -0.4 is 15.8 Å². The predicted octanol–water partition coefficient (Wildman–Crippen LogP) is 0.517. The molecule has 0 saturated carbocycles. The second-order valence-electron chi connectivity index (χ2n) is 4.03. The van der Waals surface area contributed by atoms with Crippen LogP contribution in [-0.2, 0) is 10.0 Å². The van der Waals surface area contributed by atoms with Crippen LogP contribution in [0, 0.1) is 0 Å². The van der Waals surface area contributed by atoms with Crippen molar-refractivity contribution in [3.05, 3.63) is 36.7 Å². The van der Waals surface area contributed by atoms with Crippen molar-refractivity contribution in [2.24, 2.45) is 10.1 Å². The Kier molecular flexibility index (Phi) is 5.88. The summed E-state index contributed by atoms with van der Waals surface area (Å²) >= 11 is 0. The second kappa shape index (κ2) is 7.41. The number of carbonyl (C=O) groups excluding carboxylic acids is 1. The minimum Gasteiger partial charge on any atom is -0.341 e. The molecule has 0 aliphatic rings. The van der Waals surface area contributed by atoms with Gasteiger partial charge in [-0.25, -0.2) is 18.4 Å². The zero-order valence-corrected chi connectivity index (χ0v) is 12.5. The van der Waals surface area contributed by atoms with E-state index in [9.17, 15) is 13.2 Å².